The van der Waals surface area contributed by atoms with E-state index in [2.05, 4.69) is 31.0 Å². The maximum atomic E-state index is 12.5. The normalized spacial score (nSPS) is 28.0. The zero-order valence-electron chi connectivity index (χ0n) is 13.5. The van der Waals surface area contributed by atoms with Crippen molar-refractivity contribution in [2.75, 3.05) is 6.54 Å². The van der Waals surface area contributed by atoms with E-state index < -0.39 is 0 Å². The molecule has 1 amide bonds. The van der Waals surface area contributed by atoms with Crippen LogP contribution in [0.25, 0.3) is 0 Å². The molecule has 2 fully saturated rings. The van der Waals surface area contributed by atoms with Gasteiger partial charge in [0.05, 0.1) is 12.2 Å². The lowest BCUT2D eigenvalue weighted by Crippen LogP contribution is -2.38. The number of carbonyl (C=O) groups is 1. The van der Waals surface area contributed by atoms with E-state index in [0.717, 1.165) is 25.3 Å². The summed E-state index contributed by atoms with van der Waals surface area (Å²) in [6, 6.07) is 0.0398. The first-order valence-corrected chi connectivity index (χ1v) is 8.70. The Morgan fingerprint density at radius 1 is 1.25 bits per heavy atom. The van der Waals surface area contributed by atoms with Gasteiger partial charge in [0.15, 0.2) is 0 Å². The Kier molecular flexibility index (Phi) is 5.88. The van der Waals surface area contributed by atoms with Crippen LogP contribution in [-0.2, 0) is 4.79 Å². The van der Waals surface area contributed by atoms with Gasteiger partial charge in [0.1, 0.15) is 0 Å². The Labute approximate surface area is 124 Å². The monoisotopic (exact) mass is 280 g/mol. The lowest BCUT2D eigenvalue weighted by Gasteiger charge is -2.24. The predicted octanol–water partition coefficient (Wildman–Crippen LogP) is 3.54. The first-order valence-electron chi connectivity index (χ1n) is 8.70. The fraction of sp³-hybridized carbons (Fsp3) is 0.941. The van der Waals surface area contributed by atoms with Gasteiger partial charge < -0.3 is 4.90 Å². The molecule has 3 nitrogen and oxygen atoms in total. The second-order valence-corrected chi connectivity index (χ2v) is 7.02. The van der Waals surface area contributed by atoms with Crippen LogP contribution in [-0.4, -0.2) is 29.6 Å². The van der Waals surface area contributed by atoms with Gasteiger partial charge in [0, 0.05) is 6.54 Å². The van der Waals surface area contributed by atoms with Gasteiger partial charge in [0.2, 0.25) is 5.91 Å². The highest BCUT2D eigenvalue weighted by molar-refractivity contribution is 5.84. The molecule has 1 aliphatic carbocycles. The summed E-state index contributed by atoms with van der Waals surface area (Å²) in [4.78, 5) is 14.7. The second kappa shape index (κ2) is 7.44. The fourth-order valence-corrected chi connectivity index (χ4v) is 3.81. The number of carbonyl (C=O) groups excluding carboxylic acids is 1. The van der Waals surface area contributed by atoms with Gasteiger partial charge in [-0.3, -0.25) is 10.1 Å². The van der Waals surface area contributed by atoms with Crippen LogP contribution in [0, 0.1) is 11.8 Å². The van der Waals surface area contributed by atoms with Crippen LogP contribution in [0.2, 0.25) is 0 Å². The van der Waals surface area contributed by atoms with Gasteiger partial charge in [-0.05, 0) is 31.1 Å². The summed E-state index contributed by atoms with van der Waals surface area (Å²) in [5, 5.41) is 3.55. The van der Waals surface area contributed by atoms with E-state index in [1.54, 1.807) is 0 Å². The minimum absolute atomic E-state index is 0.0398. The van der Waals surface area contributed by atoms with E-state index in [1.807, 2.05) is 0 Å². The highest BCUT2D eigenvalue weighted by atomic mass is 16.2. The second-order valence-electron chi connectivity index (χ2n) is 7.02. The summed E-state index contributed by atoms with van der Waals surface area (Å²) in [6.45, 7) is 7.43. The van der Waals surface area contributed by atoms with Gasteiger partial charge >= 0.3 is 0 Å². The van der Waals surface area contributed by atoms with Crippen molar-refractivity contribution >= 4 is 5.91 Å². The topological polar surface area (TPSA) is 32.3 Å². The Hall–Kier alpha value is -0.570. The molecule has 0 spiro atoms. The summed E-state index contributed by atoms with van der Waals surface area (Å²) in [5.74, 6) is 1.66. The molecule has 1 aliphatic heterocycles. The minimum atomic E-state index is 0.0398. The third kappa shape index (κ3) is 3.75. The molecular weight excluding hydrogens is 248 g/mol. The molecule has 0 aromatic heterocycles. The van der Waals surface area contributed by atoms with Crippen LogP contribution in [0.1, 0.15) is 72.1 Å². The van der Waals surface area contributed by atoms with E-state index >= 15 is 0 Å². The molecule has 0 aromatic rings. The van der Waals surface area contributed by atoms with Crippen molar-refractivity contribution in [1.82, 2.24) is 10.2 Å². The molecule has 20 heavy (non-hydrogen) atoms. The molecule has 0 bridgehead atoms. The van der Waals surface area contributed by atoms with Gasteiger partial charge in [-0.1, -0.05) is 52.9 Å². The quantitative estimate of drug-likeness (QED) is 0.773. The molecule has 1 saturated heterocycles. The maximum absolute atomic E-state index is 12.5. The van der Waals surface area contributed by atoms with Crippen LogP contribution < -0.4 is 5.32 Å². The van der Waals surface area contributed by atoms with Crippen LogP contribution >= 0.6 is 0 Å². The summed E-state index contributed by atoms with van der Waals surface area (Å²) in [5.41, 5.74) is 0. The van der Waals surface area contributed by atoms with E-state index in [9.17, 15) is 4.79 Å². The van der Waals surface area contributed by atoms with E-state index in [0.29, 0.717) is 11.8 Å². The van der Waals surface area contributed by atoms with E-state index in [1.165, 1.54) is 38.5 Å². The number of rotatable bonds is 7. The van der Waals surface area contributed by atoms with Crippen molar-refractivity contribution in [3.63, 3.8) is 0 Å². The molecule has 3 heteroatoms. The van der Waals surface area contributed by atoms with Gasteiger partial charge in [-0.2, -0.15) is 0 Å². The van der Waals surface area contributed by atoms with Crippen molar-refractivity contribution in [1.29, 1.82) is 0 Å². The number of hydrogen-bond donors (Lipinski definition) is 1. The first kappa shape index (κ1) is 15.8. The molecule has 1 N–H and O–H groups in total. The lowest BCUT2D eigenvalue weighted by molar-refractivity contribution is -0.130. The molecule has 1 heterocycles. The lowest BCUT2D eigenvalue weighted by atomic mass is 10.0. The largest absolute Gasteiger partial charge is 0.326 e. The highest BCUT2D eigenvalue weighted by Crippen LogP contribution is 2.29. The number of nitrogens with one attached hydrogen (secondary N) is 1. The molecule has 116 valence electrons. The third-order valence-corrected chi connectivity index (χ3v) is 5.01. The number of amides is 1. The fourth-order valence-electron chi connectivity index (χ4n) is 3.81. The third-order valence-electron chi connectivity index (χ3n) is 5.01. The van der Waals surface area contributed by atoms with Crippen LogP contribution in [0.5, 0.6) is 0 Å². The number of nitrogens with zero attached hydrogens (tertiary/aromatic N) is 1. The molecule has 1 saturated carbocycles. The average Bonchev–Trinajstić information content (AvgIpc) is 3.01. The molecule has 2 atom stereocenters. The van der Waals surface area contributed by atoms with Gasteiger partial charge in [-0.15, -0.1) is 0 Å². The summed E-state index contributed by atoms with van der Waals surface area (Å²) >= 11 is 0. The zero-order valence-corrected chi connectivity index (χ0v) is 13.5. The standard InChI is InChI=1S/C17H32N2O/c1-4-8-15-18-16(13(2)3)17(20)19(15)12-7-11-14-9-5-6-10-14/h13-16,18H,4-12H2,1-3H3. The predicted molar refractivity (Wildman–Crippen MR) is 83.4 cm³/mol. The molecule has 0 radical (unpaired) electrons. The highest BCUT2D eigenvalue weighted by Gasteiger charge is 2.39. The van der Waals surface area contributed by atoms with Crippen LogP contribution in [0.15, 0.2) is 0 Å². The molecule has 2 unspecified atom stereocenters. The minimum Gasteiger partial charge on any atom is -0.326 e. The zero-order chi connectivity index (χ0) is 14.5. The van der Waals surface area contributed by atoms with Crippen molar-refractivity contribution in [3.05, 3.63) is 0 Å². The Morgan fingerprint density at radius 3 is 2.55 bits per heavy atom. The molecular formula is C17H32N2O. The smallest absolute Gasteiger partial charge is 0.241 e. The van der Waals surface area contributed by atoms with Crippen molar-refractivity contribution < 1.29 is 4.79 Å². The van der Waals surface area contributed by atoms with Gasteiger partial charge in [0.25, 0.3) is 0 Å². The van der Waals surface area contributed by atoms with E-state index in [4.69, 9.17) is 0 Å². The average molecular weight is 280 g/mol. The summed E-state index contributed by atoms with van der Waals surface area (Å²) in [7, 11) is 0. The number of hydrogen-bond acceptors (Lipinski definition) is 2. The Bertz CT molecular complexity index is 310. The Morgan fingerprint density at radius 2 is 1.95 bits per heavy atom. The molecule has 0 aromatic carbocycles. The van der Waals surface area contributed by atoms with Gasteiger partial charge in [-0.25, -0.2) is 0 Å². The maximum Gasteiger partial charge on any atom is 0.241 e. The first-order chi connectivity index (χ1) is 9.63. The molecule has 2 aliphatic rings. The van der Waals surface area contributed by atoms with Crippen molar-refractivity contribution in [3.8, 4) is 0 Å². The Balaban J connectivity index is 1.83. The van der Waals surface area contributed by atoms with E-state index in [-0.39, 0.29) is 12.2 Å². The SMILES string of the molecule is CCCC1NC(C(C)C)C(=O)N1CCCC1CCCC1. The van der Waals surface area contributed by atoms with Crippen LogP contribution in [0.4, 0.5) is 0 Å². The van der Waals surface area contributed by atoms with Crippen LogP contribution in [0.3, 0.4) is 0 Å². The summed E-state index contributed by atoms with van der Waals surface area (Å²) < 4.78 is 0. The van der Waals surface area contributed by atoms with Crippen molar-refractivity contribution in [2.45, 2.75) is 84.3 Å². The molecule has 2 rings (SSSR count). The summed E-state index contributed by atoms with van der Waals surface area (Å²) in [6.07, 6.45) is 10.7. The van der Waals surface area contributed by atoms with Crippen molar-refractivity contribution in [2.24, 2.45) is 11.8 Å².